The van der Waals surface area contributed by atoms with Crippen molar-refractivity contribution < 1.29 is 4.79 Å². The Hall–Kier alpha value is -3.61. The van der Waals surface area contributed by atoms with E-state index in [2.05, 4.69) is 20.6 Å². The number of ketones is 1. The number of carbonyl (C=O) groups excluding carboxylic acids is 1. The molecule has 0 bridgehead atoms. The number of aromatic nitrogens is 6. The van der Waals surface area contributed by atoms with E-state index in [-0.39, 0.29) is 5.78 Å². The Balaban J connectivity index is 1.26. The predicted molar refractivity (Wildman–Crippen MR) is 105 cm³/mol. The number of hydrogen-bond donors (Lipinski definition) is 0. The van der Waals surface area contributed by atoms with Crippen LogP contribution >= 0.6 is 0 Å². The standard InChI is InChI=1S/C21H20N6O/c28-19(11-13-26-15-20(22-24-26)17-7-3-1-4-8-17)12-14-27-16-21(23-25-27)18-9-5-2-6-10-18/h1-10,15-16H,11-14H2. The van der Waals surface area contributed by atoms with E-state index in [0.717, 1.165) is 22.5 Å². The summed E-state index contributed by atoms with van der Waals surface area (Å²) in [4.78, 5) is 12.2. The van der Waals surface area contributed by atoms with Gasteiger partial charge in [0.15, 0.2) is 0 Å². The van der Waals surface area contributed by atoms with Gasteiger partial charge in [0, 0.05) is 37.1 Å². The summed E-state index contributed by atoms with van der Waals surface area (Å²) >= 11 is 0. The van der Waals surface area contributed by atoms with Crippen molar-refractivity contribution in [3.63, 3.8) is 0 Å². The van der Waals surface area contributed by atoms with Gasteiger partial charge in [-0.25, -0.2) is 0 Å². The fraction of sp³-hybridized carbons (Fsp3) is 0.190. The molecule has 0 radical (unpaired) electrons. The van der Waals surface area contributed by atoms with Crippen molar-refractivity contribution in [2.45, 2.75) is 25.9 Å². The molecule has 2 aromatic heterocycles. The third kappa shape index (κ3) is 4.37. The second-order valence-corrected chi connectivity index (χ2v) is 6.50. The molecule has 4 aromatic rings. The molecule has 0 aliphatic rings. The van der Waals surface area contributed by atoms with Gasteiger partial charge in [-0.2, -0.15) is 0 Å². The van der Waals surface area contributed by atoms with Crippen LogP contribution in [0.5, 0.6) is 0 Å². The first-order valence-corrected chi connectivity index (χ1v) is 9.21. The summed E-state index contributed by atoms with van der Waals surface area (Å²) in [5.74, 6) is 0.161. The molecule has 0 N–H and O–H groups in total. The lowest BCUT2D eigenvalue weighted by Gasteiger charge is -2.01. The highest BCUT2D eigenvalue weighted by Crippen LogP contribution is 2.16. The van der Waals surface area contributed by atoms with Gasteiger partial charge in [-0.3, -0.25) is 14.2 Å². The fourth-order valence-electron chi connectivity index (χ4n) is 2.90. The minimum atomic E-state index is 0.161. The largest absolute Gasteiger partial charge is 0.300 e. The van der Waals surface area contributed by atoms with Crippen molar-refractivity contribution in [2.75, 3.05) is 0 Å². The Morgan fingerprint density at radius 2 is 1.11 bits per heavy atom. The molecule has 2 heterocycles. The normalized spacial score (nSPS) is 10.9. The molecule has 2 aromatic carbocycles. The van der Waals surface area contributed by atoms with Gasteiger partial charge in [0.1, 0.15) is 17.2 Å². The molecule has 0 saturated carbocycles. The smallest absolute Gasteiger partial charge is 0.136 e. The van der Waals surface area contributed by atoms with Crippen LogP contribution in [0, 0.1) is 0 Å². The summed E-state index contributed by atoms with van der Waals surface area (Å²) in [5, 5.41) is 16.6. The van der Waals surface area contributed by atoms with Crippen molar-refractivity contribution in [3.8, 4) is 22.5 Å². The van der Waals surface area contributed by atoms with Gasteiger partial charge in [-0.05, 0) is 0 Å². The van der Waals surface area contributed by atoms with Crippen LogP contribution in [0.25, 0.3) is 22.5 Å². The van der Waals surface area contributed by atoms with E-state index in [0.29, 0.717) is 25.9 Å². The number of rotatable bonds is 8. The summed E-state index contributed by atoms with van der Waals surface area (Å²) < 4.78 is 3.42. The molecular formula is C21H20N6O. The number of Topliss-reactive ketones (excluding diaryl/α,β-unsaturated/α-hetero) is 1. The third-order valence-corrected chi connectivity index (χ3v) is 4.46. The number of nitrogens with zero attached hydrogens (tertiary/aromatic N) is 6. The Labute approximate surface area is 162 Å². The highest BCUT2D eigenvalue weighted by Gasteiger charge is 2.08. The van der Waals surface area contributed by atoms with Crippen LogP contribution in [-0.2, 0) is 17.9 Å². The number of benzene rings is 2. The van der Waals surface area contributed by atoms with E-state index in [9.17, 15) is 4.79 Å². The van der Waals surface area contributed by atoms with Gasteiger partial charge in [-0.1, -0.05) is 71.1 Å². The summed E-state index contributed by atoms with van der Waals surface area (Å²) in [7, 11) is 0. The van der Waals surface area contributed by atoms with Crippen molar-refractivity contribution in [1.29, 1.82) is 0 Å². The Bertz CT molecular complexity index is 955. The summed E-state index contributed by atoms with van der Waals surface area (Å²) in [6, 6.07) is 19.7. The molecule has 0 spiro atoms. The fourth-order valence-corrected chi connectivity index (χ4v) is 2.90. The first kappa shape index (κ1) is 17.8. The maximum absolute atomic E-state index is 12.2. The summed E-state index contributed by atoms with van der Waals surface area (Å²) in [6.07, 6.45) is 4.56. The van der Waals surface area contributed by atoms with Gasteiger partial charge in [0.25, 0.3) is 0 Å². The molecule has 0 aliphatic heterocycles. The quantitative estimate of drug-likeness (QED) is 0.474. The molecule has 7 heteroatoms. The lowest BCUT2D eigenvalue weighted by atomic mass is 10.2. The average Bonchev–Trinajstić information content (AvgIpc) is 3.42. The Kier molecular flexibility index (Phi) is 5.33. The average molecular weight is 372 g/mol. The van der Waals surface area contributed by atoms with Crippen molar-refractivity contribution in [3.05, 3.63) is 73.1 Å². The molecule has 0 amide bonds. The van der Waals surface area contributed by atoms with Gasteiger partial charge in [-0.15, -0.1) is 10.2 Å². The summed E-state index contributed by atoms with van der Waals surface area (Å²) in [6.45, 7) is 1.04. The van der Waals surface area contributed by atoms with Crippen molar-refractivity contribution >= 4 is 5.78 Å². The van der Waals surface area contributed by atoms with E-state index >= 15 is 0 Å². The van der Waals surface area contributed by atoms with Gasteiger partial charge < -0.3 is 0 Å². The number of hydrogen-bond acceptors (Lipinski definition) is 5. The molecule has 0 saturated heterocycles. The summed E-state index contributed by atoms with van der Waals surface area (Å²) in [5.41, 5.74) is 3.65. The molecule has 7 nitrogen and oxygen atoms in total. The number of aryl methyl sites for hydroxylation is 2. The lowest BCUT2D eigenvalue weighted by Crippen LogP contribution is -2.10. The second-order valence-electron chi connectivity index (χ2n) is 6.50. The molecule has 0 atom stereocenters. The van der Waals surface area contributed by atoms with Crippen molar-refractivity contribution in [2.24, 2.45) is 0 Å². The van der Waals surface area contributed by atoms with E-state index in [1.165, 1.54) is 0 Å². The Morgan fingerprint density at radius 3 is 1.54 bits per heavy atom. The van der Waals surface area contributed by atoms with Gasteiger partial charge >= 0.3 is 0 Å². The first-order valence-electron chi connectivity index (χ1n) is 9.21. The van der Waals surface area contributed by atoms with Crippen LogP contribution < -0.4 is 0 Å². The van der Waals surface area contributed by atoms with E-state index < -0.39 is 0 Å². The van der Waals surface area contributed by atoms with Crippen LogP contribution in [0.4, 0.5) is 0 Å². The molecule has 0 unspecified atom stereocenters. The van der Waals surface area contributed by atoms with E-state index in [1.54, 1.807) is 9.36 Å². The SMILES string of the molecule is O=C(CCn1cc(-c2ccccc2)nn1)CCn1cc(-c2ccccc2)nn1. The maximum Gasteiger partial charge on any atom is 0.136 e. The Morgan fingerprint density at radius 1 is 0.679 bits per heavy atom. The monoisotopic (exact) mass is 372 g/mol. The van der Waals surface area contributed by atoms with Crippen LogP contribution in [0.15, 0.2) is 73.1 Å². The van der Waals surface area contributed by atoms with E-state index in [4.69, 9.17) is 0 Å². The molecule has 28 heavy (non-hydrogen) atoms. The first-order chi connectivity index (χ1) is 13.8. The van der Waals surface area contributed by atoms with Crippen LogP contribution in [-0.4, -0.2) is 35.8 Å². The highest BCUT2D eigenvalue weighted by atomic mass is 16.1. The molecular weight excluding hydrogens is 352 g/mol. The predicted octanol–water partition coefficient (Wildman–Crippen LogP) is 3.25. The lowest BCUT2D eigenvalue weighted by molar-refractivity contribution is -0.119. The van der Waals surface area contributed by atoms with Crippen molar-refractivity contribution in [1.82, 2.24) is 30.0 Å². The second kappa shape index (κ2) is 8.39. The maximum atomic E-state index is 12.2. The minimum Gasteiger partial charge on any atom is -0.300 e. The molecule has 4 rings (SSSR count). The van der Waals surface area contributed by atoms with Crippen LogP contribution in [0.1, 0.15) is 12.8 Å². The molecule has 0 aliphatic carbocycles. The number of carbonyl (C=O) groups is 1. The zero-order valence-electron chi connectivity index (χ0n) is 15.3. The molecule has 140 valence electrons. The van der Waals surface area contributed by atoms with Gasteiger partial charge in [0.05, 0.1) is 12.4 Å². The zero-order chi connectivity index (χ0) is 19.2. The van der Waals surface area contributed by atoms with E-state index in [1.807, 2.05) is 73.1 Å². The van der Waals surface area contributed by atoms with Crippen LogP contribution in [0.3, 0.4) is 0 Å². The van der Waals surface area contributed by atoms with Crippen LogP contribution in [0.2, 0.25) is 0 Å². The third-order valence-electron chi connectivity index (χ3n) is 4.46. The minimum absolute atomic E-state index is 0.161. The highest BCUT2D eigenvalue weighted by molar-refractivity contribution is 5.78. The topological polar surface area (TPSA) is 78.5 Å². The zero-order valence-corrected chi connectivity index (χ0v) is 15.3. The molecule has 0 fully saturated rings. The van der Waals surface area contributed by atoms with Gasteiger partial charge in [0.2, 0.25) is 0 Å².